The number of carbonyl (C=O) groups is 1. The molecule has 0 radical (unpaired) electrons. The number of pyridine rings is 1. The zero-order chi connectivity index (χ0) is 31.7. The van der Waals surface area contributed by atoms with Gasteiger partial charge in [0.05, 0.1) is 39.9 Å². The maximum atomic E-state index is 14.2. The van der Waals surface area contributed by atoms with Crippen LogP contribution < -0.4 is 10.5 Å². The second-order valence-corrected chi connectivity index (χ2v) is 12.6. The number of nitrogens with zero attached hydrogens (tertiary/aromatic N) is 5. The Kier molecular flexibility index (Phi) is 7.99. The van der Waals surface area contributed by atoms with E-state index in [4.69, 9.17) is 0 Å². The second-order valence-electron chi connectivity index (χ2n) is 10.8. The van der Waals surface area contributed by atoms with Crippen LogP contribution in [0.15, 0.2) is 83.0 Å². The van der Waals surface area contributed by atoms with Gasteiger partial charge in [0.15, 0.2) is 11.6 Å². The summed E-state index contributed by atoms with van der Waals surface area (Å²) in [6.45, 7) is -0.0620. The highest BCUT2D eigenvalue weighted by molar-refractivity contribution is 7.90. The van der Waals surface area contributed by atoms with E-state index in [9.17, 15) is 32.0 Å². The standard InChI is InChI=1S/C32H26F2N6O4S/c33-27-15-25(13-22(16-35)30(27)34)45(43,44)40-12-4-7-29(40)32(42)39(24-10-11-26-28(14-24)37-19-38-31(26)41)18-23-9-8-21(17-36-23)20-5-2-1-3-6-20/h4,7-15,17,19-20H,1-3,5-6,18H2,(H,37,38,41). The molecule has 0 saturated heterocycles. The van der Waals surface area contributed by atoms with Gasteiger partial charge in [-0.25, -0.2) is 26.2 Å². The highest BCUT2D eigenvalue weighted by Crippen LogP contribution is 2.32. The maximum absolute atomic E-state index is 14.2. The Balaban J connectivity index is 1.41. The smallest absolute Gasteiger partial charge is 0.276 e. The molecule has 2 aromatic carbocycles. The van der Waals surface area contributed by atoms with Crippen molar-refractivity contribution in [3.8, 4) is 6.07 Å². The van der Waals surface area contributed by atoms with Gasteiger partial charge in [0.2, 0.25) is 0 Å². The monoisotopic (exact) mass is 628 g/mol. The molecule has 6 rings (SSSR count). The molecule has 1 aliphatic rings. The first-order valence-electron chi connectivity index (χ1n) is 14.2. The molecule has 5 aromatic rings. The normalized spacial score (nSPS) is 13.9. The maximum Gasteiger partial charge on any atom is 0.276 e. The minimum absolute atomic E-state index is 0.0620. The van der Waals surface area contributed by atoms with E-state index in [1.54, 1.807) is 12.3 Å². The molecule has 0 aliphatic heterocycles. The van der Waals surface area contributed by atoms with E-state index in [0.29, 0.717) is 44.3 Å². The number of aromatic nitrogens is 4. The van der Waals surface area contributed by atoms with Crippen LogP contribution in [0.3, 0.4) is 0 Å². The van der Waals surface area contributed by atoms with Crippen molar-refractivity contribution in [3.05, 3.63) is 118 Å². The number of anilines is 1. The van der Waals surface area contributed by atoms with Gasteiger partial charge in [0, 0.05) is 18.1 Å². The third kappa shape index (κ3) is 5.72. The number of nitriles is 1. The summed E-state index contributed by atoms with van der Waals surface area (Å²) in [6, 6.07) is 13.6. The van der Waals surface area contributed by atoms with Crippen molar-refractivity contribution in [1.29, 1.82) is 5.26 Å². The molecule has 0 atom stereocenters. The average molecular weight is 629 g/mol. The van der Waals surface area contributed by atoms with E-state index in [1.807, 2.05) is 12.1 Å². The Morgan fingerprint density at radius 2 is 1.87 bits per heavy atom. The molecule has 228 valence electrons. The number of nitrogens with one attached hydrogen (secondary N) is 1. The first-order chi connectivity index (χ1) is 21.7. The zero-order valence-corrected chi connectivity index (χ0v) is 24.6. The number of amides is 1. The molecule has 3 heterocycles. The molecule has 0 unspecified atom stereocenters. The van der Waals surface area contributed by atoms with E-state index in [1.165, 1.54) is 60.8 Å². The van der Waals surface area contributed by atoms with Crippen LogP contribution in [0.1, 0.15) is 65.3 Å². The summed E-state index contributed by atoms with van der Waals surface area (Å²) < 4.78 is 56.1. The van der Waals surface area contributed by atoms with Crippen molar-refractivity contribution in [2.75, 3.05) is 4.90 Å². The number of aromatic amines is 1. The van der Waals surface area contributed by atoms with Gasteiger partial charge in [0.1, 0.15) is 11.8 Å². The first-order valence-corrected chi connectivity index (χ1v) is 15.7. The zero-order valence-electron chi connectivity index (χ0n) is 23.8. The number of carbonyl (C=O) groups excluding carboxylic acids is 1. The van der Waals surface area contributed by atoms with Crippen LogP contribution in [-0.4, -0.2) is 33.2 Å². The van der Waals surface area contributed by atoms with Crippen LogP contribution in [0.4, 0.5) is 14.5 Å². The van der Waals surface area contributed by atoms with Crippen molar-refractivity contribution in [2.24, 2.45) is 0 Å². The fourth-order valence-corrected chi connectivity index (χ4v) is 7.04. The van der Waals surface area contributed by atoms with Crippen molar-refractivity contribution >= 4 is 32.5 Å². The molecule has 10 nitrogen and oxygen atoms in total. The van der Waals surface area contributed by atoms with Crippen LogP contribution in [0.5, 0.6) is 0 Å². The fraction of sp³-hybridized carbons (Fsp3) is 0.219. The Morgan fingerprint density at radius 3 is 2.60 bits per heavy atom. The lowest BCUT2D eigenvalue weighted by Gasteiger charge is -2.24. The molecular formula is C32H26F2N6O4S. The topological polar surface area (TPSA) is 142 Å². The minimum Gasteiger partial charge on any atom is -0.313 e. The number of hydrogen-bond acceptors (Lipinski definition) is 7. The van der Waals surface area contributed by atoms with Gasteiger partial charge in [-0.05, 0) is 72.9 Å². The number of H-pyrrole nitrogens is 1. The quantitative estimate of drug-likeness (QED) is 0.254. The van der Waals surface area contributed by atoms with E-state index in [2.05, 4.69) is 15.0 Å². The molecule has 1 amide bonds. The molecule has 3 aromatic heterocycles. The van der Waals surface area contributed by atoms with Crippen LogP contribution >= 0.6 is 0 Å². The van der Waals surface area contributed by atoms with E-state index in [-0.39, 0.29) is 17.8 Å². The average Bonchev–Trinajstić information content (AvgIpc) is 3.56. The summed E-state index contributed by atoms with van der Waals surface area (Å²) in [5, 5.41) is 9.47. The predicted octanol–water partition coefficient (Wildman–Crippen LogP) is 5.40. The number of fused-ring (bicyclic) bond motifs is 1. The Bertz CT molecular complexity index is 2130. The number of benzene rings is 2. The van der Waals surface area contributed by atoms with E-state index >= 15 is 0 Å². The van der Waals surface area contributed by atoms with Gasteiger partial charge in [-0.1, -0.05) is 25.3 Å². The summed E-state index contributed by atoms with van der Waals surface area (Å²) in [5.41, 5.74) is 0.799. The fourth-order valence-electron chi connectivity index (χ4n) is 5.66. The summed E-state index contributed by atoms with van der Waals surface area (Å²) in [5.74, 6) is -3.32. The van der Waals surface area contributed by atoms with Crippen LogP contribution in [-0.2, 0) is 16.6 Å². The Morgan fingerprint density at radius 1 is 1.07 bits per heavy atom. The van der Waals surface area contributed by atoms with Crippen molar-refractivity contribution in [2.45, 2.75) is 49.5 Å². The second kappa shape index (κ2) is 12.0. The number of halogens is 2. The molecule has 0 spiro atoms. The summed E-state index contributed by atoms with van der Waals surface area (Å²) in [6.07, 6.45) is 9.88. The van der Waals surface area contributed by atoms with E-state index in [0.717, 1.165) is 24.6 Å². The minimum atomic E-state index is -4.65. The number of rotatable bonds is 7. The summed E-state index contributed by atoms with van der Waals surface area (Å²) in [7, 11) is -4.65. The molecule has 1 fully saturated rings. The van der Waals surface area contributed by atoms with Crippen molar-refractivity contribution in [3.63, 3.8) is 0 Å². The van der Waals surface area contributed by atoms with Crippen LogP contribution in [0, 0.1) is 23.0 Å². The third-order valence-electron chi connectivity index (χ3n) is 8.04. The molecule has 1 saturated carbocycles. The van der Waals surface area contributed by atoms with Crippen LogP contribution in [0.2, 0.25) is 0 Å². The van der Waals surface area contributed by atoms with Crippen LogP contribution in [0.25, 0.3) is 10.9 Å². The lowest BCUT2D eigenvalue weighted by atomic mass is 9.85. The van der Waals surface area contributed by atoms with Crippen molar-refractivity contribution in [1.82, 2.24) is 18.9 Å². The predicted molar refractivity (Wildman–Crippen MR) is 161 cm³/mol. The molecular weight excluding hydrogens is 602 g/mol. The Labute approximate surface area is 256 Å². The highest BCUT2D eigenvalue weighted by Gasteiger charge is 2.29. The van der Waals surface area contributed by atoms with Gasteiger partial charge in [-0.2, -0.15) is 5.26 Å². The summed E-state index contributed by atoms with van der Waals surface area (Å²) >= 11 is 0. The molecule has 13 heteroatoms. The van der Waals surface area contributed by atoms with Gasteiger partial charge in [-0.15, -0.1) is 0 Å². The van der Waals surface area contributed by atoms with Crippen molar-refractivity contribution < 1.29 is 22.0 Å². The molecule has 1 N–H and O–H groups in total. The Hall–Kier alpha value is -5.22. The third-order valence-corrected chi connectivity index (χ3v) is 9.71. The van der Waals surface area contributed by atoms with Gasteiger partial charge in [-0.3, -0.25) is 14.6 Å². The molecule has 45 heavy (non-hydrogen) atoms. The number of hydrogen-bond donors (Lipinski definition) is 1. The largest absolute Gasteiger partial charge is 0.313 e. The lowest BCUT2D eigenvalue weighted by molar-refractivity contribution is 0.0979. The SMILES string of the molecule is N#Cc1cc(S(=O)(=O)n2cccc2C(=O)N(Cc2ccc(C3CCCCC3)cn2)c2ccc3c(=O)[nH]cnc3c2)cc(F)c1F. The van der Waals surface area contributed by atoms with Gasteiger partial charge in [0.25, 0.3) is 21.5 Å². The first kappa shape index (κ1) is 29.8. The van der Waals surface area contributed by atoms with Gasteiger partial charge < -0.3 is 9.88 Å². The van der Waals surface area contributed by atoms with Gasteiger partial charge >= 0.3 is 0 Å². The summed E-state index contributed by atoms with van der Waals surface area (Å²) in [4.78, 5) is 38.4. The lowest BCUT2D eigenvalue weighted by Crippen LogP contribution is -2.33. The van der Waals surface area contributed by atoms with E-state index < -0.39 is 38.0 Å². The highest BCUT2D eigenvalue weighted by atomic mass is 32.2. The molecule has 1 aliphatic carbocycles. The molecule has 0 bridgehead atoms.